The van der Waals surface area contributed by atoms with Gasteiger partial charge in [0.2, 0.25) is 0 Å². The molecule has 16 heteroatoms. The molecule has 3 heterocycles. The van der Waals surface area contributed by atoms with Gasteiger partial charge in [-0.05, 0) is 120 Å². The molecule has 114 heavy (non-hydrogen) atoms. The predicted octanol–water partition coefficient (Wildman–Crippen LogP) is 21.8. The number of hydrogen-bond acceptors (Lipinski definition) is 16. The summed E-state index contributed by atoms with van der Waals surface area (Å²) in [6, 6.07) is 0. The van der Waals surface area contributed by atoms with Crippen molar-refractivity contribution in [2.45, 2.75) is 467 Å². The smallest absolute Gasteiger partial charge is 0.186 e. The van der Waals surface area contributed by atoms with Gasteiger partial charge < -0.3 is 78.7 Å². The summed E-state index contributed by atoms with van der Waals surface area (Å²) in [5.41, 5.74) is 0. The van der Waals surface area contributed by atoms with Crippen LogP contribution in [-0.2, 0) is 37.9 Å². The highest BCUT2D eigenvalue weighted by Crippen LogP contribution is 2.33. The first kappa shape index (κ1) is 108. The van der Waals surface area contributed by atoms with Crippen molar-refractivity contribution in [2.24, 2.45) is 94.7 Å². The minimum Gasteiger partial charge on any atom is -0.394 e. The molecule has 0 aliphatic carbocycles. The van der Waals surface area contributed by atoms with E-state index in [2.05, 4.69) is 111 Å². The molecule has 3 rings (SSSR count). The highest BCUT2D eigenvalue weighted by molar-refractivity contribution is 4.92. The fourth-order valence-electron chi connectivity index (χ4n) is 18.2. The molecule has 28 atom stereocenters. The molecule has 0 aromatic carbocycles. The lowest BCUT2D eigenvalue weighted by Crippen LogP contribution is -2.61. The van der Waals surface area contributed by atoms with E-state index in [1.54, 1.807) is 0 Å². The Kier molecular flexibility index (Phi) is 62.2. The fourth-order valence-corrected chi connectivity index (χ4v) is 18.2. The highest BCUT2D eigenvalue weighted by Gasteiger charge is 2.48. The molecule has 0 amide bonds. The summed E-state index contributed by atoms with van der Waals surface area (Å²) in [5, 5.41) is 83.8. The third-order valence-electron chi connectivity index (χ3n) is 27.7. The first-order valence-electron chi connectivity index (χ1n) is 48.8. The lowest BCUT2D eigenvalue weighted by atomic mass is 9.88. The molecule has 0 aromatic heterocycles. The first-order valence-corrected chi connectivity index (χ1v) is 48.8. The molecular formula is C98H192O16. The second-order valence-corrected chi connectivity index (χ2v) is 40.4. The number of rotatable bonds is 8. The SMILES string of the molecule is CC1CCCC(C)CCCC(C)CCC(C)CCCC(C)CCCC(C)CCCC(C)CCOC(COC2OC(COC3OC(CO)C(O)C(O)C3O)C(O)C(O)C2O)COCCC(C)CCCC(C)CCCC(C)CCCC(C)CCC(C)CCCC(C)CCCC(C)CCCC(C)CCOC(CO)COCCC(C)CCC1. The van der Waals surface area contributed by atoms with Crippen LogP contribution in [0.15, 0.2) is 0 Å². The molecule has 0 spiro atoms. The van der Waals surface area contributed by atoms with E-state index in [1.165, 1.54) is 244 Å². The standard InChI is InChI=1S/C98H192O16/c1-71-29-17-33-75(5)41-25-49-83(13)57-61-107-67-87(65-99)109-63-59-85(15)51-27-43-77(7)35-19-31-73(3)39-23-47-81(11)55-53-80(10)46-22-38-72(2)30-18-34-76(6)42-26-50-84(14)58-62-108-68-88(69-111-97-96(106)94(104)92(102)90(114-97)70-112-98-95(105)93(103)91(101)89(66-100)113-98)110-64-60-86(16)52-28-44-78(8)36-20-32-74(4)40-24-48-82(12)56-54-79(9)45-21-37-71/h71-106H,17-70H2,1-16H3. The molecule has 0 radical (unpaired) electrons. The van der Waals surface area contributed by atoms with Gasteiger partial charge in [-0.1, -0.05) is 368 Å². The summed E-state index contributed by atoms with van der Waals surface area (Å²) < 4.78 is 48.3. The molecule has 0 aromatic rings. The van der Waals surface area contributed by atoms with Gasteiger partial charge in [0.1, 0.15) is 61.0 Å². The van der Waals surface area contributed by atoms with Crippen molar-refractivity contribution >= 4 is 0 Å². The normalized spacial score (nSPS) is 39.6. The van der Waals surface area contributed by atoms with E-state index in [9.17, 15) is 40.9 Å². The Morgan fingerprint density at radius 1 is 0.219 bits per heavy atom. The Morgan fingerprint density at radius 3 is 0.693 bits per heavy atom. The van der Waals surface area contributed by atoms with Crippen LogP contribution in [0.5, 0.6) is 0 Å². The second-order valence-electron chi connectivity index (χ2n) is 40.4. The van der Waals surface area contributed by atoms with Gasteiger partial charge in [0.05, 0.1) is 39.6 Å². The summed E-state index contributed by atoms with van der Waals surface area (Å²) in [4.78, 5) is 0. The van der Waals surface area contributed by atoms with Crippen LogP contribution in [-0.4, -0.2) is 181 Å². The molecule has 0 bridgehead atoms. The Balaban J connectivity index is 1.48. The van der Waals surface area contributed by atoms with E-state index in [0.29, 0.717) is 56.0 Å². The summed E-state index contributed by atoms with van der Waals surface area (Å²) in [5.74, 6) is 11.8. The summed E-state index contributed by atoms with van der Waals surface area (Å²) in [6.45, 7) is 41.3. The third kappa shape index (κ3) is 52.1. The van der Waals surface area contributed by atoms with Crippen molar-refractivity contribution in [2.75, 3.05) is 66.1 Å². The van der Waals surface area contributed by atoms with E-state index >= 15 is 0 Å². The number of ether oxygens (including phenoxy) is 8. The predicted molar refractivity (Wildman–Crippen MR) is 470 cm³/mol. The topological polar surface area (TPSA) is 236 Å². The van der Waals surface area contributed by atoms with E-state index in [0.717, 1.165) is 110 Å². The van der Waals surface area contributed by atoms with E-state index in [4.69, 9.17) is 37.9 Å². The fraction of sp³-hybridized carbons (Fsp3) is 1.00. The third-order valence-corrected chi connectivity index (χ3v) is 27.7. The quantitative estimate of drug-likeness (QED) is 0.113. The zero-order chi connectivity index (χ0) is 84.0. The average Bonchev–Trinajstić information content (AvgIpc) is 0.807. The Morgan fingerprint density at radius 2 is 0.430 bits per heavy atom. The summed E-state index contributed by atoms with van der Waals surface area (Å²) in [7, 11) is 0. The van der Waals surface area contributed by atoms with Gasteiger partial charge in [-0.3, -0.25) is 0 Å². The summed E-state index contributed by atoms with van der Waals surface area (Å²) >= 11 is 0. The van der Waals surface area contributed by atoms with Gasteiger partial charge in [0.25, 0.3) is 0 Å². The number of hydrogen-bond donors (Lipinski definition) is 8. The van der Waals surface area contributed by atoms with E-state index in [1.807, 2.05) is 0 Å². The minimum absolute atomic E-state index is 0.00921. The maximum atomic E-state index is 11.1. The van der Waals surface area contributed by atoms with Crippen molar-refractivity contribution < 1.29 is 78.7 Å². The van der Waals surface area contributed by atoms with Crippen molar-refractivity contribution in [1.29, 1.82) is 0 Å². The highest BCUT2D eigenvalue weighted by atomic mass is 16.7. The van der Waals surface area contributed by atoms with Crippen molar-refractivity contribution in [3.05, 3.63) is 0 Å². The van der Waals surface area contributed by atoms with Gasteiger partial charge >= 0.3 is 0 Å². The van der Waals surface area contributed by atoms with Crippen LogP contribution < -0.4 is 0 Å². The zero-order valence-electron chi connectivity index (χ0n) is 77.2. The van der Waals surface area contributed by atoms with Crippen LogP contribution in [0.4, 0.5) is 0 Å². The molecule has 3 aliphatic rings. The zero-order valence-corrected chi connectivity index (χ0v) is 77.2. The van der Waals surface area contributed by atoms with Crippen LogP contribution in [0.3, 0.4) is 0 Å². The van der Waals surface area contributed by atoms with Crippen LogP contribution in [0, 0.1) is 94.7 Å². The van der Waals surface area contributed by atoms with Gasteiger partial charge in [-0.15, -0.1) is 0 Å². The molecule has 16 nitrogen and oxygen atoms in total. The molecular weight excluding hydrogens is 1430 g/mol. The minimum atomic E-state index is -1.67. The molecule has 3 aliphatic heterocycles. The molecule has 28 unspecified atom stereocenters. The number of aliphatic hydroxyl groups excluding tert-OH is 8. The Labute approximate surface area is 702 Å². The average molecular weight is 1630 g/mol. The van der Waals surface area contributed by atoms with Gasteiger partial charge in [-0.25, -0.2) is 0 Å². The Hall–Kier alpha value is -0.640. The first-order chi connectivity index (χ1) is 54.6. The number of aliphatic hydroxyl groups is 8. The molecule has 8 N–H and O–H groups in total. The molecule has 3 fully saturated rings. The van der Waals surface area contributed by atoms with Crippen molar-refractivity contribution in [3.8, 4) is 0 Å². The van der Waals surface area contributed by atoms with Crippen molar-refractivity contribution in [3.63, 3.8) is 0 Å². The van der Waals surface area contributed by atoms with Gasteiger partial charge in [-0.2, -0.15) is 0 Å². The van der Waals surface area contributed by atoms with Crippen LogP contribution in [0.1, 0.15) is 393 Å². The van der Waals surface area contributed by atoms with Gasteiger partial charge in [0.15, 0.2) is 12.6 Å². The maximum Gasteiger partial charge on any atom is 0.186 e. The lowest BCUT2D eigenvalue weighted by Gasteiger charge is -2.42. The van der Waals surface area contributed by atoms with Crippen LogP contribution >= 0.6 is 0 Å². The lowest BCUT2D eigenvalue weighted by molar-refractivity contribution is -0.333. The maximum absolute atomic E-state index is 11.1. The van der Waals surface area contributed by atoms with Crippen LogP contribution in [0.2, 0.25) is 0 Å². The molecule has 680 valence electrons. The summed E-state index contributed by atoms with van der Waals surface area (Å²) in [6.07, 6.45) is 41.1. The van der Waals surface area contributed by atoms with Crippen molar-refractivity contribution in [1.82, 2.24) is 0 Å². The van der Waals surface area contributed by atoms with Crippen LogP contribution in [0.25, 0.3) is 0 Å². The Bertz CT molecular complexity index is 2160. The molecule has 3 saturated heterocycles. The van der Waals surface area contributed by atoms with Gasteiger partial charge in [0, 0.05) is 26.4 Å². The van der Waals surface area contributed by atoms with E-state index in [-0.39, 0.29) is 25.9 Å². The second kappa shape index (κ2) is 65.9. The monoisotopic (exact) mass is 1630 g/mol. The largest absolute Gasteiger partial charge is 0.394 e. The van der Waals surface area contributed by atoms with E-state index < -0.39 is 80.7 Å². The molecule has 0 saturated carbocycles.